The van der Waals surface area contributed by atoms with Crippen LogP contribution in [0, 0.1) is 5.92 Å². The van der Waals surface area contributed by atoms with Crippen molar-refractivity contribution in [3.05, 3.63) is 24.3 Å². The van der Waals surface area contributed by atoms with E-state index < -0.39 is 9.84 Å². The zero-order chi connectivity index (χ0) is 13.5. The maximum absolute atomic E-state index is 11.9. The highest BCUT2D eigenvalue weighted by atomic mass is 32.2. The second-order valence-electron chi connectivity index (χ2n) is 5.58. The number of hydrogen-bond acceptors (Lipinski definition) is 4. The molecule has 0 aromatic heterocycles. The zero-order valence-corrected chi connectivity index (χ0v) is 12.0. The van der Waals surface area contributed by atoms with Gasteiger partial charge in [0, 0.05) is 25.4 Å². The van der Waals surface area contributed by atoms with E-state index in [0.717, 1.165) is 31.7 Å². The lowest BCUT2D eigenvalue weighted by atomic mass is 9.93. The highest BCUT2D eigenvalue weighted by Gasteiger charge is 2.33. The molecule has 104 valence electrons. The molecule has 1 aromatic carbocycles. The van der Waals surface area contributed by atoms with Crippen molar-refractivity contribution in [3.63, 3.8) is 0 Å². The van der Waals surface area contributed by atoms with Gasteiger partial charge < -0.3 is 10.2 Å². The van der Waals surface area contributed by atoms with Crippen molar-refractivity contribution in [1.29, 1.82) is 0 Å². The molecule has 5 heteroatoms. The summed E-state index contributed by atoms with van der Waals surface area (Å²) in [4.78, 5) is 2.70. The largest absolute Gasteiger partial charge is 0.370 e. The van der Waals surface area contributed by atoms with Crippen LogP contribution in [0.2, 0.25) is 0 Å². The van der Waals surface area contributed by atoms with Crippen LogP contribution in [-0.2, 0) is 9.84 Å². The van der Waals surface area contributed by atoms with Gasteiger partial charge in [-0.05, 0) is 37.4 Å². The van der Waals surface area contributed by atoms with Crippen LogP contribution < -0.4 is 10.2 Å². The molecule has 2 aliphatic rings. The van der Waals surface area contributed by atoms with E-state index in [1.807, 2.05) is 12.1 Å². The van der Waals surface area contributed by atoms with Gasteiger partial charge in [0.2, 0.25) is 0 Å². The molecule has 2 unspecified atom stereocenters. The van der Waals surface area contributed by atoms with Gasteiger partial charge in [-0.1, -0.05) is 12.1 Å². The SMILES string of the molecule is CS(=O)(=O)c1ccccc1N1CCC2NCCC2C1. The molecule has 2 fully saturated rings. The molecule has 0 spiro atoms. The molecule has 1 N–H and O–H groups in total. The van der Waals surface area contributed by atoms with Crippen molar-refractivity contribution in [2.24, 2.45) is 5.92 Å². The van der Waals surface area contributed by atoms with Crippen LogP contribution in [0.1, 0.15) is 12.8 Å². The monoisotopic (exact) mass is 280 g/mol. The van der Waals surface area contributed by atoms with E-state index >= 15 is 0 Å². The Kier molecular flexibility index (Phi) is 3.27. The Labute approximate surface area is 114 Å². The van der Waals surface area contributed by atoms with Crippen LogP contribution in [0.4, 0.5) is 5.69 Å². The maximum Gasteiger partial charge on any atom is 0.177 e. The van der Waals surface area contributed by atoms with Crippen LogP contribution in [-0.4, -0.2) is 40.3 Å². The number of rotatable bonds is 2. The van der Waals surface area contributed by atoms with Gasteiger partial charge in [0.1, 0.15) is 0 Å². The topological polar surface area (TPSA) is 49.4 Å². The first-order valence-electron chi connectivity index (χ1n) is 6.83. The predicted octanol–water partition coefficient (Wildman–Crippen LogP) is 1.28. The molecule has 2 heterocycles. The quantitative estimate of drug-likeness (QED) is 0.886. The third kappa shape index (κ3) is 2.49. The third-order valence-electron chi connectivity index (χ3n) is 4.26. The van der Waals surface area contributed by atoms with Gasteiger partial charge in [-0.25, -0.2) is 8.42 Å². The molecular weight excluding hydrogens is 260 g/mol. The van der Waals surface area contributed by atoms with Crippen LogP contribution in [0.15, 0.2) is 29.2 Å². The van der Waals surface area contributed by atoms with Gasteiger partial charge in [0.15, 0.2) is 9.84 Å². The van der Waals surface area contributed by atoms with Gasteiger partial charge >= 0.3 is 0 Å². The Morgan fingerprint density at radius 2 is 2.05 bits per heavy atom. The van der Waals surface area contributed by atoms with Gasteiger partial charge in [-0.2, -0.15) is 0 Å². The molecule has 3 rings (SSSR count). The summed E-state index contributed by atoms with van der Waals surface area (Å²) in [5.41, 5.74) is 0.871. The van der Waals surface area contributed by atoms with E-state index in [2.05, 4.69) is 10.2 Å². The second kappa shape index (κ2) is 4.80. The lowest BCUT2D eigenvalue weighted by Crippen LogP contribution is -2.44. The van der Waals surface area contributed by atoms with E-state index in [1.54, 1.807) is 12.1 Å². The fourth-order valence-corrected chi connectivity index (χ4v) is 4.20. The summed E-state index contributed by atoms with van der Waals surface area (Å²) in [5.74, 6) is 0.654. The molecule has 2 aliphatic heterocycles. The number of para-hydroxylation sites is 1. The molecular formula is C14H20N2O2S. The molecule has 1 aromatic rings. The minimum Gasteiger partial charge on any atom is -0.370 e. The van der Waals surface area contributed by atoms with E-state index in [9.17, 15) is 8.42 Å². The van der Waals surface area contributed by atoms with Gasteiger partial charge in [0.05, 0.1) is 10.6 Å². The standard InChI is InChI=1S/C14H20N2O2S/c1-19(17,18)14-5-3-2-4-13(14)16-9-7-12-11(10-16)6-8-15-12/h2-5,11-12,15H,6-10H2,1H3. The first kappa shape index (κ1) is 12.9. The number of benzene rings is 1. The summed E-state index contributed by atoms with van der Waals surface area (Å²) < 4.78 is 23.8. The van der Waals surface area contributed by atoms with E-state index in [1.165, 1.54) is 12.7 Å². The van der Waals surface area contributed by atoms with Crippen LogP contribution in [0.25, 0.3) is 0 Å². The van der Waals surface area contributed by atoms with Gasteiger partial charge in [-0.15, -0.1) is 0 Å². The summed E-state index contributed by atoms with van der Waals surface area (Å²) in [7, 11) is -3.16. The Balaban J connectivity index is 1.91. The van der Waals surface area contributed by atoms with Gasteiger partial charge in [-0.3, -0.25) is 0 Å². The number of hydrogen-bond donors (Lipinski definition) is 1. The van der Waals surface area contributed by atoms with Crippen molar-refractivity contribution in [1.82, 2.24) is 5.32 Å². The van der Waals surface area contributed by atoms with Crippen LogP contribution in [0.5, 0.6) is 0 Å². The Hall–Kier alpha value is -1.07. The molecule has 2 saturated heterocycles. The Morgan fingerprint density at radius 1 is 1.26 bits per heavy atom. The first-order chi connectivity index (χ1) is 9.05. The number of fused-ring (bicyclic) bond motifs is 1. The molecule has 0 radical (unpaired) electrons. The van der Waals surface area contributed by atoms with Crippen LogP contribution in [0.3, 0.4) is 0 Å². The first-order valence-corrected chi connectivity index (χ1v) is 8.72. The summed E-state index contributed by atoms with van der Waals surface area (Å²) in [6.07, 6.45) is 3.58. The molecule has 2 atom stereocenters. The maximum atomic E-state index is 11.9. The van der Waals surface area contributed by atoms with Crippen molar-refractivity contribution in [2.75, 3.05) is 30.8 Å². The fourth-order valence-electron chi connectivity index (χ4n) is 3.30. The molecule has 0 amide bonds. The number of sulfone groups is 1. The van der Waals surface area contributed by atoms with Crippen molar-refractivity contribution < 1.29 is 8.42 Å². The van der Waals surface area contributed by atoms with E-state index in [-0.39, 0.29) is 0 Å². The zero-order valence-electron chi connectivity index (χ0n) is 11.2. The highest BCUT2D eigenvalue weighted by Crippen LogP contribution is 2.31. The Morgan fingerprint density at radius 3 is 2.84 bits per heavy atom. The number of nitrogens with one attached hydrogen (secondary N) is 1. The Bertz CT molecular complexity index is 571. The summed E-state index contributed by atoms with van der Waals surface area (Å²) >= 11 is 0. The normalized spacial score (nSPS) is 27.3. The smallest absolute Gasteiger partial charge is 0.177 e. The number of nitrogens with zero attached hydrogens (tertiary/aromatic N) is 1. The summed E-state index contributed by atoms with van der Waals surface area (Å²) in [5, 5.41) is 3.53. The van der Waals surface area contributed by atoms with Crippen molar-refractivity contribution in [2.45, 2.75) is 23.8 Å². The van der Waals surface area contributed by atoms with Crippen molar-refractivity contribution in [3.8, 4) is 0 Å². The predicted molar refractivity (Wildman–Crippen MR) is 76.3 cm³/mol. The minimum atomic E-state index is -3.16. The van der Waals surface area contributed by atoms with E-state index in [4.69, 9.17) is 0 Å². The lowest BCUT2D eigenvalue weighted by Gasteiger charge is -2.37. The molecule has 0 bridgehead atoms. The molecule has 19 heavy (non-hydrogen) atoms. The van der Waals surface area contributed by atoms with Crippen LogP contribution >= 0.6 is 0 Å². The number of anilines is 1. The highest BCUT2D eigenvalue weighted by molar-refractivity contribution is 7.90. The lowest BCUT2D eigenvalue weighted by molar-refractivity contribution is 0.375. The third-order valence-corrected chi connectivity index (χ3v) is 5.41. The summed E-state index contributed by atoms with van der Waals surface area (Å²) in [6.45, 7) is 2.99. The van der Waals surface area contributed by atoms with E-state index in [0.29, 0.717) is 16.9 Å². The minimum absolute atomic E-state index is 0.458. The fraction of sp³-hybridized carbons (Fsp3) is 0.571. The summed E-state index contributed by atoms with van der Waals surface area (Å²) in [6, 6.07) is 7.98. The number of piperidine rings is 1. The molecule has 0 saturated carbocycles. The average molecular weight is 280 g/mol. The average Bonchev–Trinajstić information content (AvgIpc) is 2.85. The van der Waals surface area contributed by atoms with Gasteiger partial charge in [0.25, 0.3) is 0 Å². The molecule has 0 aliphatic carbocycles. The van der Waals surface area contributed by atoms with Crippen molar-refractivity contribution >= 4 is 15.5 Å². The molecule has 4 nitrogen and oxygen atoms in total. The second-order valence-corrected chi connectivity index (χ2v) is 7.57.